The normalized spacial score (nSPS) is 11.9. The second-order valence-corrected chi connectivity index (χ2v) is 4.83. The van der Waals surface area contributed by atoms with E-state index in [-0.39, 0.29) is 18.6 Å². The van der Waals surface area contributed by atoms with Gasteiger partial charge in [0.25, 0.3) is 5.91 Å². The van der Waals surface area contributed by atoms with Gasteiger partial charge in [0.1, 0.15) is 0 Å². The summed E-state index contributed by atoms with van der Waals surface area (Å²) in [5.74, 6) is -0.106. The van der Waals surface area contributed by atoms with E-state index in [0.29, 0.717) is 12.0 Å². The van der Waals surface area contributed by atoms with Crippen LogP contribution in [0.25, 0.3) is 11.1 Å². The molecule has 0 aliphatic heterocycles. The minimum absolute atomic E-state index is 0.0266. The van der Waals surface area contributed by atoms with Gasteiger partial charge in [0.2, 0.25) is 0 Å². The summed E-state index contributed by atoms with van der Waals surface area (Å²) >= 11 is 0. The zero-order chi connectivity index (χ0) is 14.4. The van der Waals surface area contributed by atoms with E-state index in [4.69, 9.17) is 5.11 Å². The van der Waals surface area contributed by atoms with Gasteiger partial charge in [0.15, 0.2) is 0 Å². The lowest BCUT2D eigenvalue weighted by molar-refractivity contribution is 0.0934. The van der Waals surface area contributed by atoms with Crippen molar-refractivity contribution in [3.8, 4) is 11.1 Å². The van der Waals surface area contributed by atoms with Crippen molar-refractivity contribution in [2.24, 2.45) is 0 Å². The highest BCUT2D eigenvalue weighted by Crippen LogP contribution is 2.19. The van der Waals surface area contributed by atoms with E-state index in [1.807, 2.05) is 61.5 Å². The largest absolute Gasteiger partial charge is 0.396 e. The predicted octanol–water partition coefficient (Wildman–Crippen LogP) is 2.85. The topological polar surface area (TPSA) is 49.3 Å². The first-order valence-corrected chi connectivity index (χ1v) is 6.78. The Hall–Kier alpha value is -2.13. The van der Waals surface area contributed by atoms with E-state index in [0.717, 1.165) is 11.1 Å². The first kappa shape index (κ1) is 14.3. The zero-order valence-corrected chi connectivity index (χ0v) is 11.5. The molecule has 2 aromatic carbocycles. The van der Waals surface area contributed by atoms with E-state index < -0.39 is 0 Å². The van der Waals surface area contributed by atoms with Crippen molar-refractivity contribution in [2.45, 2.75) is 19.4 Å². The average molecular weight is 269 g/mol. The fourth-order valence-electron chi connectivity index (χ4n) is 2.02. The number of rotatable bonds is 5. The van der Waals surface area contributed by atoms with Crippen LogP contribution in [0.5, 0.6) is 0 Å². The van der Waals surface area contributed by atoms with Crippen molar-refractivity contribution in [3.63, 3.8) is 0 Å². The summed E-state index contributed by atoms with van der Waals surface area (Å²) in [5.41, 5.74) is 2.85. The van der Waals surface area contributed by atoms with Crippen LogP contribution >= 0.6 is 0 Å². The lowest BCUT2D eigenvalue weighted by Crippen LogP contribution is -2.33. The van der Waals surface area contributed by atoms with Gasteiger partial charge in [-0.15, -0.1) is 0 Å². The standard InChI is InChI=1S/C17H19NO2/c1-13(11-12-19)18-17(20)16-9-7-15(8-10-16)14-5-3-2-4-6-14/h2-10,13,19H,11-12H2,1H3,(H,18,20). The number of hydrogen-bond acceptors (Lipinski definition) is 2. The second-order valence-electron chi connectivity index (χ2n) is 4.83. The monoisotopic (exact) mass is 269 g/mol. The van der Waals surface area contributed by atoms with E-state index in [9.17, 15) is 4.79 Å². The Morgan fingerprint density at radius 3 is 2.25 bits per heavy atom. The maximum atomic E-state index is 12.0. The molecule has 0 radical (unpaired) electrons. The molecule has 2 rings (SSSR count). The number of hydrogen-bond donors (Lipinski definition) is 2. The van der Waals surface area contributed by atoms with E-state index in [2.05, 4.69) is 5.32 Å². The highest BCUT2D eigenvalue weighted by molar-refractivity contribution is 5.94. The summed E-state index contributed by atoms with van der Waals surface area (Å²) in [6.45, 7) is 1.96. The maximum absolute atomic E-state index is 12.0. The van der Waals surface area contributed by atoms with Crippen LogP contribution < -0.4 is 5.32 Å². The highest BCUT2D eigenvalue weighted by atomic mass is 16.3. The Bertz CT molecular complexity index is 549. The molecule has 1 atom stereocenters. The Kier molecular flexibility index (Phi) is 4.91. The van der Waals surface area contributed by atoms with E-state index in [1.165, 1.54) is 0 Å². The van der Waals surface area contributed by atoms with E-state index >= 15 is 0 Å². The molecule has 0 aliphatic rings. The SMILES string of the molecule is CC(CCO)NC(=O)c1ccc(-c2ccccc2)cc1. The molecule has 0 fully saturated rings. The molecule has 1 amide bonds. The van der Waals surface area contributed by atoms with Gasteiger partial charge < -0.3 is 10.4 Å². The summed E-state index contributed by atoms with van der Waals surface area (Å²) in [7, 11) is 0. The summed E-state index contributed by atoms with van der Waals surface area (Å²) in [6.07, 6.45) is 0.563. The van der Waals surface area contributed by atoms with E-state index in [1.54, 1.807) is 0 Å². The van der Waals surface area contributed by atoms with Crippen molar-refractivity contribution >= 4 is 5.91 Å². The third-order valence-corrected chi connectivity index (χ3v) is 3.19. The number of amides is 1. The number of aliphatic hydroxyl groups excluding tert-OH is 1. The molecule has 0 aliphatic carbocycles. The molecule has 2 N–H and O–H groups in total. The van der Waals surface area contributed by atoms with Crippen LogP contribution in [0.3, 0.4) is 0 Å². The molecular formula is C17H19NO2. The lowest BCUT2D eigenvalue weighted by atomic mass is 10.0. The minimum atomic E-state index is -0.106. The van der Waals surface area contributed by atoms with Crippen LogP contribution in [0.1, 0.15) is 23.7 Å². The minimum Gasteiger partial charge on any atom is -0.396 e. The van der Waals surface area contributed by atoms with Gasteiger partial charge in [-0.1, -0.05) is 42.5 Å². The fourth-order valence-corrected chi connectivity index (χ4v) is 2.02. The third-order valence-electron chi connectivity index (χ3n) is 3.19. The Balaban J connectivity index is 2.07. The van der Waals surface area contributed by atoms with Crippen molar-refractivity contribution < 1.29 is 9.90 Å². The van der Waals surface area contributed by atoms with Gasteiger partial charge in [0, 0.05) is 18.2 Å². The van der Waals surface area contributed by atoms with Crippen molar-refractivity contribution in [2.75, 3.05) is 6.61 Å². The summed E-state index contributed by atoms with van der Waals surface area (Å²) < 4.78 is 0. The molecular weight excluding hydrogens is 250 g/mol. The summed E-state index contributed by atoms with van der Waals surface area (Å²) in [5, 5.41) is 11.7. The number of carbonyl (C=O) groups is 1. The first-order valence-electron chi connectivity index (χ1n) is 6.78. The molecule has 0 saturated carbocycles. The van der Waals surface area contributed by atoms with Gasteiger partial charge in [-0.3, -0.25) is 4.79 Å². The van der Waals surface area contributed by atoms with Gasteiger partial charge in [0.05, 0.1) is 0 Å². The van der Waals surface area contributed by atoms with Crippen LogP contribution in [0, 0.1) is 0 Å². The number of aliphatic hydroxyl groups is 1. The Morgan fingerprint density at radius 2 is 1.65 bits per heavy atom. The molecule has 104 valence electrons. The highest BCUT2D eigenvalue weighted by Gasteiger charge is 2.09. The second kappa shape index (κ2) is 6.87. The lowest BCUT2D eigenvalue weighted by Gasteiger charge is -2.12. The molecule has 3 heteroatoms. The quantitative estimate of drug-likeness (QED) is 0.877. The molecule has 0 aromatic heterocycles. The average Bonchev–Trinajstić information content (AvgIpc) is 2.48. The number of carbonyl (C=O) groups excluding carboxylic acids is 1. The van der Waals surface area contributed by atoms with Crippen LogP contribution in [0.2, 0.25) is 0 Å². The van der Waals surface area contributed by atoms with Gasteiger partial charge in [-0.25, -0.2) is 0 Å². The van der Waals surface area contributed by atoms with Crippen LogP contribution in [-0.4, -0.2) is 23.7 Å². The van der Waals surface area contributed by atoms with Crippen molar-refractivity contribution in [1.82, 2.24) is 5.32 Å². The number of benzene rings is 2. The molecule has 1 unspecified atom stereocenters. The predicted molar refractivity (Wildman–Crippen MR) is 80.5 cm³/mol. The third kappa shape index (κ3) is 3.68. The molecule has 0 heterocycles. The maximum Gasteiger partial charge on any atom is 0.251 e. The molecule has 3 nitrogen and oxygen atoms in total. The van der Waals surface area contributed by atoms with Crippen LogP contribution in [0.4, 0.5) is 0 Å². The summed E-state index contributed by atoms with van der Waals surface area (Å²) in [6, 6.07) is 17.6. The molecule has 2 aromatic rings. The van der Waals surface area contributed by atoms with Crippen LogP contribution in [0.15, 0.2) is 54.6 Å². The fraction of sp³-hybridized carbons (Fsp3) is 0.235. The molecule has 0 spiro atoms. The molecule has 0 saturated heterocycles. The Labute approximate surface area is 119 Å². The number of nitrogens with one attached hydrogen (secondary N) is 1. The van der Waals surface area contributed by atoms with Crippen LogP contribution in [-0.2, 0) is 0 Å². The van der Waals surface area contributed by atoms with Gasteiger partial charge in [-0.05, 0) is 36.6 Å². The molecule has 20 heavy (non-hydrogen) atoms. The van der Waals surface area contributed by atoms with Crippen molar-refractivity contribution in [3.05, 3.63) is 60.2 Å². The smallest absolute Gasteiger partial charge is 0.251 e. The zero-order valence-electron chi connectivity index (χ0n) is 11.5. The molecule has 0 bridgehead atoms. The van der Waals surface area contributed by atoms with Gasteiger partial charge >= 0.3 is 0 Å². The first-order chi connectivity index (χ1) is 9.70. The Morgan fingerprint density at radius 1 is 1.05 bits per heavy atom. The van der Waals surface area contributed by atoms with Crippen molar-refractivity contribution in [1.29, 1.82) is 0 Å². The summed E-state index contributed by atoms with van der Waals surface area (Å²) in [4.78, 5) is 12.0. The van der Waals surface area contributed by atoms with Gasteiger partial charge in [-0.2, -0.15) is 0 Å².